The van der Waals surface area contributed by atoms with E-state index >= 15 is 0 Å². The number of esters is 1. The van der Waals surface area contributed by atoms with Gasteiger partial charge in [0.05, 0.1) is 0 Å². The van der Waals surface area contributed by atoms with Gasteiger partial charge in [-0.3, -0.25) is 4.79 Å². The molecular formula is C40H41F3O9. The van der Waals surface area contributed by atoms with E-state index in [0.717, 1.165) is 24.8 Å². The first-order valence-electron chi connectivity index (χ1n) is 16.6. The average molecular weight is 723 g/mol. The number of carbonyl (C=O) groups is 1. The van der Waals surface area contributed by atoms with Gasteiger partial charge >= 0.3 is 12.1 Å². The van der Waals surface area contributed by atoms with Crippen LogP contribution in [0.15, 0.2) is 81.5 Å². The number of aromatic hydroxyl groups is 3. The molecule has 1 aliphatic heterocycles. The number of halogens is 3. The van der Waals surface area contributed by atoms with Crippen molar-refractivity contribution in [1.29, 1.82) is 0 Å². The minimum absolute atomic E-state index is 0.0317. The van der Waals surface area contributed by atoms with Gasteiger partial charge in [-0.25, -0.2) is 4.79 Å². The van der Waals surface area contributed by atoms with Crippen LogP contribution < -0.4 is 10.2 Å². The second kappa shape index (κ2) is 14.1. The highest BCUT2D eigenvalue weighted by atomic mass is 19.4. The lowest BCUT2D eigenvalue weighted by atomic mass is 9.89. The maximum Gasteiger partial charge on any atom is 0.432 e. The van der Waals surface area contributed by atoms with Crippen molar-refractivity contribution in [2.45, 2.75) is 83.8 Å². The fourth-order valence-corrected chi connectivity index (χ4v) is 6.29. The Bertz CT molecular complexity index is 2130. The Morgan fingerprint density at radius 3 is 2.31 bits per heavy atom. The van der Waals surface area contributed by atoms with E-state index in [4.69, 9.17) is 18.6 Å². The van der Waals surface area contributed by atoms with Crippen molar-refractivity contribution >= 4 is 16.9 Å². The minimum atomic E-state index is -5.19. The maximum atomic E-state index is 14.5. The molecule has 0 saturated heterocycles. The molecule has 1 aliphatic rings. The molecule has 0 spiro atoms. The van der Waals surface area contributed by atoms with E-state index in [-0.39, 0.29) is 52.0 Å². The lowest BCUT2D eigenvalue weighted by Gasteiger charge is -2.34. The van der Waals surface area contributed by atoms with Crippen LogP contribution in [-0.2, 0) is 39.1 Å². The molecule has 3 N–H and O–H groups in total. The summed E-state index contributed by atoms with van der Waals surface area (Å²) in [6, 6.07) is 10.4. The predicted molar refractivity (Wildman–Crippen MR) is 189 cm³/mol. The molecule has 0 saturated carbocycles. The molecule has 0 radical (unpaired) electrons. The third kappa shape index (κ3) is 6.87. The Balaban J connectivity index is 1.54. The van der Waals surface area contributed by atoms with Crippen LogP contribution in [0.25, 0.3) is 22.3 Å². The van der Waals surface area contributed by atoms with Gasteiger partial charge in [0.15, 0.2) is 5.76 Å². The summed E-state index contributed by atoms with van der Waals surface area (Å²) in [4.78, 5) is 27.0. The molecule has 2 heterocycles. The number of carbonyl (C=O) groups excluding carboxylic acids is 1. The van der Waals surface area contributed by atoms with Gasteiger partial charge in [0.25, 0.3) is 5.60 Å². The highest BCUT2D eigenvalue weighted by molar-refractivity contribution is 5.93. The molecular weight excluding hydrogens is 681 g/mol. The van der Waals surface area contributed by atoms with Crippen LogP contribution in [0.1, 0.15) is 63.3 Å². The number of ether oxygens (including phenoxy) is 3. The molecule has 9 nitrogen and oxygen atoms in total. The Morgan fingerprint density at radius 2 is 1.73 bits per heavy atom. The van der Waals surface area contributed by atoms with Gasteiger partial charge in [0.1, 0.15) is 39.9 Å². The average Bonchev–Trinajstić information content (AvgIpc) is 3.06. The first-order valence-corrected chi connectivity index (χ1v) is 16.6. The molecule has 12 heteroatoms. The number of phenolic OH excluding ortho intramolecular Hbond substituents is 2. The van der Waals surface area contributed by atoms with Gasteiger partial charge in [-0.05, 0) is 71.1 Å². The largest absolute Gasteiger partial charge is 0.508 e. The lowest BCUT2D eigenvalue weighted by Crippen LogP contribution is -2.52. The zero-order valence-electron chi connectivity index (χ0n) is 29.7. The second-order valence-electron chi connectivity index (χ2n) is 13.8. The minimum Gasteiger partial charge on any atom is -0.508 e. The van der Waals surface area contributed by atoms with Crippen LogP contribution in [0.3, 0.4) is 0 Å². The van der Waals surface area contributed by atoms with E-state index in [2.05, 4.69) is 6.58 Å². The number of rotatable bonds is 10. The van der Waals surface area contributed by atoms with Crippen LogP contribution in [-0.4, -0.2) is 46.3 Å². The smallest absolute Gasteiger partial charge is 0.432 e. The number of benzene rings is 3. The third-order valence-corrected chi connectivity index (χ3v) is 9.23. The Morgan fingerprint density at radius 1 is 1.06 bits per heavy atom. The highest BCUT2D eigenvalue weighted by Gasteiger charge is 2.64. The van der Waals surface area contributed by atoms with E-state index in [1.807, 2.05) is 33.8 Å². The van der Waals surface area contributed by atoms with Crippen molar-refractivity contribution < 1.29 is 51.9 Å². The molecule has 0 amide bonds. The SMILES string of the molecule is C=C(C)[C@H](Cc1ccc(-c2oc3c4c(c(CC=C(C)C)c(O)c3c(=O)c2O)OC(C)(C)CC4)cc1O)OC(=O)[C@](OC)(c1ccccc1)C(F)(F)F. The molecule has 276 valence electrons. The van der Waals surface area contributed by atoms with Crippen molar-refractivity contribution in [2.24, 2.45) is 0 Å². The van der Waals surface area contributed by atoms with Gasteiger partial charge in [0, 0.05) is 35.8 Å². The number of phenols is 2. The van der Waals surface area contributed by atoms with Crippen LogP contribution in [0.5, 0.6) is 23.0 Å². The Hall–Kier alpha value is -5.23. The van der Waals surface area contributed by atoms with Crippen LogP contribution in [0, 0.1) is 0 Å². The summed E-state index contributed by atoms with van der Waals surface area (Å²) in [6.07, 6.45) is -3.62. The fourth-order valence-electron chi connectivity index (χ4n) is 6.29. The molecule has 0 fully saturated rings. The maximum absolute atomic E-state index is 14.5. The normalized spacial score (nSPS) is 15.6. The summed E-state index contributed by atoms with van der Waals surface area (Å²) in [5, 5.41) is 33.4. The highest BCUT2D eigenvalue weighted by Crippen LogP contribution is 2.48. The van der Waals surface area contributed by atoms with Crippen LogP contribution in [0.2, 0.25) is 0 Å². The first kappa shape index (κ1) is 38.0. The summed E-state index contributed by atoms with van der Waals surface area (Å²) in [5.74, 6) is -3.18. The fraction of sp³-hybridized carbons (Fsp3) is 0.350. The van der Waals surface area contributed by atoms with E-state index in [1.54, 1.807) is 0 Å². The van der Waals surface area contributed by atoms with Gasteiger partial charge in [0.2, 0.25) is 11.2 Å². The molecule has 3 aromatic carbocycles. The van der Waals surface area contributed by atoms with Crippen molar-refractivity contribution in [3.05, 3.63) is 105 Å². The molecule has 0 aliphatic carbocycles. The van der Waals surface area contributed by atoms with Crippen molar-refractivity contribution in [1.82, 2.24) is 0 Å². The molecule has 4 aromatic rings. The summed E-state index contributed by atoms with van der Waals surface area (Å²) < 4.78 is 66.2. The number of methoxy groups -OCH3 is 1. The molecule has 2 atom stereocenters. The van der Waals surface area contributed by atoms with Crippen LogP contribution in [0.4, 0.5) is 13.2 Å². The summed E-state index contributed by atoms with van der Waals surface area (Å²) in [7, 11) is 0.761. The number of aryl methyl sites for hydroxylation is 1. The molecule has 1 aromatic heterocycles. The van der Waals surface area contributed by atoms with Crippen molar-refractivity contribution in [3.8, 4) is 34.3 Å². The quantitative estimate of drug-likeness (QED) is 0.109. The summed E-state index contributed by atoms with van der Waals surface area (Å²) >= 11 is 0. The topological polar surface area (TPSA) is 136 Å². The molecule has 52 heavy (non-hydrogen) atoms. The number of hydrogen-bond acceptors (Lipinski definition) is 9. The van der Waals surface area contributed by atoms with E-state index < -0.39 is 51.9 Å². The van der Waals surface area contributed by atoms with E-state index in [1.165, 1.54) is 43.3 Å². The van der Waals surface area contributed by atoms with Gasteiger partial charge in [-0.15, -0.1) is 0 Å². The Labute approximate surface area is 298 Å². The van der Waals surface area contributed by atoms with Gasteiger partial charge in [-0.1, -0.05) is 60.7 Å². The van der Waals surface area contributed by atoms with Crippen molar-refractivity contribution in [3.63, 3.8) is 0 Å². The first-order chi connectivity index (χ1) is 24.3. The third-order valence-electron chi connectivity index (χ3n) is 9.23. The van der Waals surface area contributed by atoms with Crippen molar-refractivity contribution in [2.75, 3.05) is 7.11 Å². The second-order valence-corrected chi connectivity index (χ2v) is 13.8. The van der Waals surface area contributed by atoms with E-state index in [9.17, 15) is 38.1 Å². The lowest BCUT2D eigenvalue weighted by molar-refractivity contribution is -0.277. The van der Waals surface area contributed by atoms with Crippen LogP contribution >= 0.6 is 0 Å². The zero-order chi connectivity index (χ0) is 38.3. The Kier molecular flexibility index (Phi) is 10.3. The number of allylic oxidation sites excluding steroid dienone is 2. The number of alkyl halides is 3. The molecule has 0 bridgehead atoms. The summed E-state index contributed by atoms with van der Waals surface area (Å²) in [6.45, 7) is 12.9. The monoisotopic (exact) mass is 722 g/mol. The predicted octanol–water partition coefficient (Wildman–Crippen LogP) is 8.32. The zero-order valence-corrected chi connectivity index (χ0v) is 29.7. The van der Waals surface area contributed by atoms with Gasteiger partial charge in [-0.2, -0.15) is 13.2 Å². The molecule has 5 rings (SSSR count). The standard InChI is InChI=1S/C40H41F3O9/c1-21(2)13-16-26-31(45)30-32(46)33(47)34(51-36(30)27-17-18-38(5,6)52-35(26)27)24-15-14-23(28(44)19-24)20-29(22(3)4)50-37(48)39(49-7,40(41,42)43)25-11-9-8-10-12-25/h8-15,19,29,44-45,47H,3,16-18,20H2,1-2,4-7H3/t29-,39+/m0/s1. The van der Waals surface area contributed by atoms with Gasteiger partial charge < -0.3 is 33.9 Å². The number of fused-ring (bicyclic) bond motifs is 3. The molecule has 0 unspecified atom stereocenters. The summed E-state index contributed by atoms with van der Waals surface area (Å²) in [5.41, 5.74) is -2.97. The number of hydrogen-bond donors (Lipinski definition) is 3. The van der Waals surface area contributed by atoms with E-state index in [0.29, 0.717) is 29.7 Å².